The first-order valence-corrected chi connectivity index (χ1v) is 8.11. The molecule has 0 atom stereocenters. The third-order valence-electron chi connectivity index (χ3n) is 2.98. The summed E-state index contributed by atoms with van der Waals surface area (Å²) in [5, 5.41) is 0. The van der Waals surface area contributed by atoms with Gasteiger partial charge in [0.15, 0.2) is 0 Å². The van der Waals surface area contributed by atoms with Crippen molar-refractivity contribution in [1.82, 2.24) is 0 Å². The Kier molecular flexibility index (Phi) is 4.78. The lowest BCUT2D eigenvalue weighted by Gasteiger charge is -2.08. The van der Waals surface area contributed by atoms with Gasteiger partial charge in [-0.2, -0.15) is 0 Å². The number of hydrogen-bond donors (Lipinski definition) is 0. The van der Waals surface area contributed by atoms with E-state index in [-0.39, 0.29) is 16.4 Å². The number of carbonyl (C=O) groups excluding carboxylic acids is 1. The van der Waals surface area contributed by atoms with Crippen molar-refractivity contribution in [3.05, 3.63) is 72.3 Å². The second kappa shape index (κ2) is 6.58. The average Bonchev–Trinajstić information content (AvgIpc) is 2.53. The van der Waals surface area contributed by atoms with Crippen LogP contribution in [0.25, 0.3) is 0 Å². The van der Waals surface area contributed by atoms with Crippen LogP contribution in [0.1, 0.15) is 12.5 Å². The van der Waals surface area contributed by atoms with E-state index in [0.717, 1.165) is 0 Å². The summed E-state index contributed by atoms with van der Waals surface area (Å²) in [6.45, 7) is 5.05. The molecule has 2 aromatic rings. The molecule has 0 heterocycles. The zero-order valence-corrected chi connectivity index (χ0v) is 13.0. The summed E-state index contributed by atoms with van der Waals surface area (Å²) in [7, 11) is -3.57. The maximum Gasteiger partial charge on any atom is 0.333 e. The monoisotopic (exact) mass is 316 g/mol. The molecule has 2 rings (SSSR count). The molecule has 0 amide bonds. The highest BCUT2D eigenvalue weighted by molar-refractivity contribution is 7.91. The van der Waals surface area contributed by atoms with Crippen molar-refractivity contribution in [2.45, 2.75) is 23.3 Å². The molecule has 0 radical (unpaired) electrons. The van der Waals surface area contributed by atoms with Crippen molar-refractivity contribution in [1.29, 1.82) is 0 Å². The summed E-state index contributed by atoms with van der Waals surface area (Å²) in [6, 6.07) is 14.5. The molecule has 0 N–H and O–H groups in total. The lowest BCUT2D eigenvalue weighted by Crippen LogP contribution is -2.06. The summed E-state index contributed by atoms with van der Waals surface area (Å²) < 4.78 is 30.1. The van der Waals surface area contributed by atoms with Crippen LogP contribution in [0.4, 0.5) is 0 Å². The number of esters is 1. The van der Waals surface area contributed by atoms with Crippen LogP contribution in [0.15, 0.2) is 76.5 Å². The van der Waals surface area contributed by atoms with Gasteiger partial charge in [0, 0.05) is 5.57 Å². The maximum atomic E-state index is 12.5. The van der Waals surface area contributed by atoms with Crippen molar-refractivity contribution in [2.75, 3.05) is 0 Å². The zero-order valence-electron chi connectivity index (χ0n) is 12.2. The summed E-state index contributed by atoms with van der Waals surface area (Å²) >= 11 is 0. The summed E-state index contributed by atoms with van der Waals surface area (Å²) in [5.74, 6) is -0.503. The highest BCUT2D eigenvalue weighted by atomic mass is 32.2. The first kappa shape index (κ1) is 16.0. The van der Waals surface area contributed by atoms with E-state index >= 15 is 0 Å². The molecule has 0 spiro atoms. The van der Waals surface area contributed by atoms with Crippen LogP contribution in [-0.4, -0.2) is 14.4 Å². The SMILES string of the molecule is C=C(C)C(=O)OCc1cccc(S(=O)(=O)c2ccccc2)c1. The van der Waals surface area contributed by atoms with Gasteiger partial charge >= 0.3 is 5.97 Å². The maximum absolute atomic E-state index is 12.5. The van der Waals surface area contributed by atoms with E-state index in [1.54, 1.807) is 49.4 Å². The first-order chi connectivity index (χ1) is 10.4. The van der Waals surface area contributed by atoms with Gasteiger partial charge in [0.05, 0.1) is 9.79 Å². The minimum absolute atomic E-state index is 0.00381. The van der Waals surface area contributed by atoms with Gasteiger partial charge in [0.25, 0.3) is 0 Å². The molecular weight excluding hydrogens is 300 g/mol. The highest BCUT2D eigenvalue weighted by Crippen LogP contribution is 2.21. The van der Waals surface area contributed by atoms with E-state index in [1.165, 1.54) is 12.1 Å². The molecule has 114 valence electrons. The van der Waals surface area contributed by atoms with Crippen molar-refractivity contribution in [3.8, 4) is 0 Å². The van der Waals surface area contributed by atoms with Crippen LogP contribution in [0.2, 0.25) is 0 Å². The van der Waals surface area contributed by atoms with Gasteiger partial charge < -0.3 is 4.74 Å². The zero-order chi connectivity index (χ0) is 16.2. The third-order valence-corrected chi connectivity index (χ3v) is 4.75. The van der Waals surface area contributed by atoms with Gasteiger partial charge in [-0.3, -0.25) is 0 Å². The van der Waals surface area contributed by atoms with E-state index in [2.05, 4.69) is 6.58 Å². The number of ether oxygens (including phenoxy) is 1. The van der Waals surface area contributed by atoms with Crippen LogP contribution < -0.4 is 0 Å². The van der Waals surface area contributed by atoms with E-state index in [0.29, 0.717) is 11.1 Å². The number of carbonyl (C=O) groups is 1. The lowest BCUT2D eigenvalue weighted by molar-refractivity contribution is -0.140. The van der Waals surface area contributed by atoms with Crippen LogP contribution in [0, 0.1) is 0 Å². The van der Waals surface area contributed by atoms with Gasteiger partial charge in [-0.1, -0.05) is 36.9 Å². The fourth-order valence-corrected chi connectivity index (χ4v) is 3.16. The average molecular weight is 316 g/mol. The Morgan fingerprint density at radius 3 is 2.32 bits per heavy atom. The molecular formula is C17H16O4S. The number of benzene rings is 2. The van der Waals surface area contributed by atoms with Crippen molar-refractivity contribution in [3.63, 3.8) is 0 Å². The predicted molar refractivity (Wildman–Crippen MR) is 82.9 cm³/mol. The second-order valence-electron chi connectivity index (χ2n) is 4.82. The van der Waals surface area contributed by atoms with Crippen LogP contribution >= 0.6 is 0 Å². The van der Waals surface area contributed by atoms with E-state index in [9.17, 15) is 13.2 Å². The topological polar surface area (TPSA) is 60.4 Å². The number of sulfone groups is 1. The molecule has 22 heavy (non-hydrogen) atoms. The molecule has 4 nitrogen and oxygen atoms in total. The van der Waals surface area contributed by atoms with Gasteiger partial charge in [-0.05, 0) is 36.8 Å². The third kappa shape index (κ3) is 3.62. The summed E-state index contributed by atoms with van der Waals surface area (Å²) in [5.41, 5.74) is 0.902. The van der Waals surface area contributed by atoms with Crippen LogP contribution in [0.5, 0.6) is 0 Å². The Bertz CT molecular complexity index is 792. The first-order valence-electron chi connectivity index (χ1n) is 6.63. The molecule has 0 bridgehead atoms. The minimum Gasteiger partial charge on any atom is -0.457 e. The second-order valence-corrected chi connectivity index (χ2v) is 6.77. The van der Waals surface area contributed by atoms with E-state index in [4.69, 9.17) is 4.74 Å². The molecule has 0 fully saturated rings. The van der Waals surface area contributed by atoms with Gasteiger partial charge in [-0.15, -0.1) is 0 Å². The Morgan fingerprint density at radius 1 is 1.05 bits per heavy atom. The Hall–Kier alpha value is -2.40. The van der Waals surface area contributed by atoms with Crippen molar-refractivity contribution >= 4 is 15.8 Å². The smallest absolute Gasteiger partial charge is 0.333 e. The van der Waals surface area contributed by atoms with Gasteiger partial charge in [-0.25, -0.2) is 13.2 Å². The van der Waals surface area contributed by atoms with Crippen molar-refractivity contribution in [2.24, 2.45) is 0 Å². The van der Waals surface area contributed by atoms with E-state index < -0.39 is 15.8 Å². The largest absolute Gasteiger partial charge is 0.457 e. The summed E-state index contributed by atoms with van der Waals surface area (Å²) in [4.78, 5) is 11.8. The molecule has 0 unspecified atom stereocenters. The Balaban J connectivity index is 2.25. The predicted octanol–water partition coefficient (Wildman–Crippen LogP) is 3.14. The molecule has 0 aliphatic carbocycles. The van der Waals surface area contributed by atoms with Gasteiger partial charge in [0.1, 0.15) is 6.61 Å². The lowest BCUT2D eigenvalue weighted by atomic mass is 10.2. The molecule has 0 saturated heterocycles. The fraction of sp³-hybridized carbons (Fsp3) is 0.118. The number of hydrogen-bond acceptors (Lipinski definition) is 4. The highest BCUT2D eigenvalue weighted by Gasteiger charge is 2.17. The van der Waals surface area contributed by atoms with Crippen molar-refractivity contribution < 1.29 is 17.9 Å². The Labute approximate surface area is 130 Å². The Morgan fingerprint density at radius 2 is 1.68 bits per heavy atom. The molecule has 0 saturated carbocycles. The van der Waals surface area contributed by atoms with Crippen LogP contribution in [-0.2, 0) is 26.0 Å². The normalized spacial score (nSPS) is 11.0. The fourth-order valence-electron chi connectivity index (χ4n) is 1.81. The van der Waals surface area contributed by atoms with Crippen LogP contribution in [0.3, 0.4) is 0 Å². The molecule has 0 aliphatic heterocycles. The molecule has 0 aromatic heterocycles. The van der Waals surface area contributed by atoms with Gasteiger partial charge in [0.2, 0.25) is 9.84 Å². The molecule has 0 aliphatic rings. The molecule has 5 heteroatoms. The number of rotatable bonds is 5. The minimum atomic E-state index is -3.57. The van der Waals surface area contributed by atoms with E-state index in [1.807, 2.05) is 0 Å². The quantitative estimate of drug-likeness (QED) is 0.628. The standard InChI is InChI=1S/C17H16O4S/c1-13(2)17(18)21-12-14-7-6-10-16(11-14)22(19,20)15-8-4-3-5-9-15/h3-11H,1,12H2,2H3. The molecule has 2 aromatic carbocycles. The summed E-state index contributed by atoms with van der Waals surface area (Å²) in [6.07, 6.45) is 0.